The summed E-state index contributed by atoms with van der Waals surface area (Å²) < 4.78 is 40.7. The largest absolute Gasteiger partial charge is 0.573 e. The second kappa shape index (κ2) is 8.59. The third-order valence-electron chi connectivity index (χ3n) is 4.61. The lowest BCUT2D eigenvalue weighted by Crippen LogP contribution is -2.35. The van der Waals surface area contributed by atoms with Gasteiger partial charge in [-0.15, -0.1) is 13.2 Å². The molecule has 0 fully saturated rings. The van der Waals surface area contributed by atoms with Gasteiger partial charge >= 0.3 is 12.4 Å². The van der Waals surface area contributed by atoms with Gasteiger partial charge in [0.1, 0.15) is 5.75 Å². The first-order chi connectivity index (χ1) is 13.7. The lowest BCUT2D eigenvalue weighted by Gasteiger charge is -2.25. The number of ether oxygens (including phenoxy) is 1. The average molecular weight is 404 g/mol. The van der Waals surface area contributed by atoms with Gasteiger partial charge in [0.2, 0.25) is 0 Å². The maximum absolute atomic E-state index is 12.9. The van der Waals surface area contributed by atoms with Gasteiger partial charge < -0.3 is 10.1 Å². The van der Waals surface area contributed by atoms with Crippen LogP contribution >= 0.6 is 0 Å². The van der Waals surface area contributed by atoms with Crippen LogP contribution in [0, 0.1) is 5.92 Å². The molecule has 0 aliphatic heterocycles. The van der Waals surface area contributed by atoms with Gasteiger partial charge in [-0.1, -0.05) is 38.1 Å². The van der Waals surface area contributed by atoms with Gasteiger partial charge in [0.15, 0.2) is 0 Å². The molecule has 0 aromatic heterocycles. The number of nitrogens with zero attached hydrogens (tertiary/aromatic N) is 1. The molecule has 2 aromatic carbocycles. The maximum Gasteiger partial charge on any atom is 0.573 e. The zero-order valence-electron chi connectivity index (χ0n) is 16.3. The Labute approximate surface area is 168 Å². The van der Waals surface area contributed by atoms with Gasteiger partial charge in [0.05, 0.1) is 0 Å². The molecule has 154 valence electrons. The highest BCUT2D eigenvalue weighted by atomic mass is 19.4. The number of halogens is 3. The van der Waals surface area contributed by atoms with E-state index < -0.39 is 6.36 Å². The summed E-state index contributed by atoms with van der Waals surface area (Å²) in [5.41, 5.74) is 3.56. The van der Waals surface area contributed by atoms with E-state index in [-0.39, 0.29) is 11.8 Å². The molecule has 0 spiro atoms. The Morgan fingerprint density at radius 1 is 1.14 bits per heavy atom. The normalized spacial score (nSPS) is 13.1. The Balaban J connectivity index is 1.72. The van der Waals surface area contributed by atoms with E-state index in [1.807, 2.05) is 30.3 Å². The van der Waals surface area contributed by atoms with Gasteiger partial charge in [-0.3, -0.25) is 4.90 Å². The molecule has 7 heteroatoms. The molecule has 1 N–H and O–H groups in total. The summed E-state index contributed by atoms with van der Waals surface area (Å²) in [5, 5.41) is 2.77. The number of carbonyl (C=O) groups is 1. The van der Waals surface area contributed by atoms with E-state index in [2.05, 4.69) is 23.9 Å². The van der Waals surface area contributed by atoms with E-state index in [0.29, 0.717) is 24.6 Å². The fraction of sp³-hybridized carbons (Fsp3) is 0.318. The summed E-state index contributed by atoms with van der Waals surface area (Å²) in [6.45, 7) is 4.74. The van der Waals surface area contributed by atoms with Crippen LogP contribution in [0.15, 0.2) is 54.2 Å². The minimum absolute atomic E-state index is 0.311. The van der Waals surface area contributed by atoms with Gasteiger partial charge in [0, 0.05) is 24.4 Å². The lowest BCUT2D eigenvalue weighted by atomic mass is 10.1. The first-order valence-corrected chi connectivity index (χ1v) is 9.44. The van der Waals surface area contributed by atoms with Crippen LogP contribution in [0.4, 0.5) is 23.7 Å². The first-order valence-electron chi connectivity index (χ1n) is 9.44. The second-order valence-electron chi connectivity index (χ2n) is 7.35. The third kappa shape index (κ3) is 5.76. The zero-order chi connectivity index (χ0) is 21.0. The number of amides is 2. The van der Waals surface area contributed by atoms with Crippen molar-refractivity contribution < 1.29 is 22.7 Å². The zero-order valence-corrected chi connectivity index (χ0v) is 16.3. The van der Waals surface area contributed by atoms with Crippen molar-refractivity contribution in [3.8, 4) is 5.75 Å². The summed E-state index contributed by atoms with van der Waals surface area (Å²) >= 11 is 0. The number of nitrogens with one attached hydrogen (secondary N) is 1. The van der Waals surface area contributed by atoms with Gasteiger partial charge in [0.25, 0.3) is 0 Å². The molecule has 2 aromatic rings. The van der Waals surface area contributed by atoms with Gasteiger partial charge in [-0.05, 0) is 53.8 Å². The molecule has 0 unspecified atom stereocenters. The van der Waals surface area contributed by atoms with Crippen LogP contribution in [0.3, 0.4) is 0 Å². The van der Waals surface area contributed by atoms with Gasteiger partial charge in [-0.2, -0.15) is 0 Å². The summed E-state index contributed by atoms with van der Waals surface area (Å²) in [5.74, 6) is 0.0922. The Morgan fingerprint density at radius 3 is 2.45 bits per heavy atom. The van der Waals surface area contributed by atoms with Crippen molar-refractivity contribution in [1.29, 1.82) is 0 Å². The quantitative estimate of drug-likeness (QED) is 0.636. The number of benzene rings is 2. The summed E-state index contributed by atoms with van der Waals surface area (Å²) in [7, 11) is 0. The highest BCUT2D eigenvalue weighted by Crippen LogP contribution is 2.29. The molecule has 2 amide bonds. The van der Waals surface area contributed by atoms with Crippen molar-refractivity contribution in [3.05, 3.63) is 65.4 Å². The molecule has 29 heavy (non-hydrogen) atoms. The van der Waals surface area contributed by atoms with Crippen LogP contribution in [-0.4, -0.2) is 23.8 Å². The van der Waals surface area contributed by atoms with Crippen LogP contribution < -0.4 is 10.1 Å². The van der Waals surface area contributed by atoms with Crippen LogP contribution in [-0.2, 0) is 6.42 Å². The number of hydrogen-bond acceptors (Lipinski definition) is 2. The SMILES string of the molecule is CC(C)CCN(C(=O)Nc1ccc(OC(F)(F)F)cc1)C1=Cc2ccccc2C1. The predicted octanol–water partition coefficient (Wildman–Crippen LogP) is 6.06. The number of rotatable bonds is 6. The number of carbonyl (C=O) groups excluding carboxylic acids is 1. The third-order valence-corrected chi connectivity index (χ3v) is 4.61. The molecule has 1 aliphatic rings. The number of alkyl halides is 3. The number of fused-ring (bicyclic) bond motifs is 1. The van der Waals surface area contributed by atoms with Gasteiger partial charge in [-0.25, -0.2) is 4.79 Å². The Morgan fingerprint density at radius 2 is 1.83 bits per heavy atom. The molecular formula is C22H23F3N2O2. The number of allylic oxidation sites excluding steroid dienone is 1. The molecule has 0 radical (unpaired) electrons. The first kappa shape index (κ1) is 20.8. The van der Waals surface area contributed by atoms with E-state index in [0.717, 1.165) is 17.7 Å². The topological polar surface area (TPSA) is 41.6 Å². The average Bonchev–Trinajstić information content (AvgIpc) is 3.05. The fourth-order valence-electron chi connectivity index (χ4n) is 3.13. The molecule has 0 saturated heterocycles. The van der Waals surface area contributed by atoms with E-state index in [9.17, 15) is 18.0 Å². The smallest absolute Gasteiger partial charge is 0.406 e. The maximum atomic E-state index is 12.9. The van der Waals surface area contributed by atoms with E-state index in [4.69, 9.17) is 0 Å². The number of anilines is 1. The van der Waals surface area contributed by atoms with Crippen LogP contribution in [0.25, 0.3) is 6.08 Å². The van der Waals surface area contributed by atoms with Crippen molar-refractivity contribution >= 4 is 17.8 Å². The van der Waals surface area contributed by atoms with Crippen molar-refractivity contribution in [1.82, 2.24) is 4.90 Å². The van der Waals surface area contributed by atoms with Crippen molar-refractivity contribution in [2.75, 3.05) is 11.9 Å². The Hall–Kier alpha value is -2.96. The molecule has 0 atom stereocenters. The van der Waals surface area contributed by atoms with E-state index >= 15 is 0 Å². The van der Waals surface area contributed by atoms with E-state index in [1.54, 1.807) is 4.90 Å². The Kier molecular flexibility index (Phi) is 6.15. The lowest BCUT2D eigenvalue weighted by molar-refractivity contribution is -0.274. The monoisotopic (exact) mass is 404 g/mol. The van der Waals surface area contributed by atoms with Crippen LogP contribution in [0.1, 0.15) is 31.4 Å². The highest BCUT2D eigenvalue weighted by Gasteiger charge is 2.31. The number of hydrogen-bond donors (Lipinski definition) is 1. The summed E-state index contributed by atoms with van der Waals surface area (Å²) in [4.78, 5) is 14.6. The summed E-state index contributed by atoms with van der Waals surface area (Å²) in [6, 6.07) is 12.8. The minimum Gasteiger partial charge on any atom is -0.406 e. The van der Waals surface area contributed by atoms with Crippen molar-refractivity contribution in [2.45, 2.75) is 33.1 Å². The molecule has 4 nitrogen and oxygen atoms in total. The molecule has 3 rings (SSSR count). The minimum atomic E-state index is -4.75. The molecule has 0 heterocycles. The van der Waals surface area contributed by atoms with Crippen molar-refractivity contribution in [2.24, 2.45) is 5.92 Å². The second-order valence-corrected chi connectivity index (χ2v) is 7.35. The predicted molar refractivity (Wildman–Crippen MR) is 106 cm³/mol. The molecule has 1 aliphatic carbocycles. The number of urea groups is 1. The Bertz CT molecular complexity index is 890. The van der Waals surface area contributed by atoms with E-state index in [1.165, 1.54) is 29.8 Å². The standard InChI is InChI=1S/C22H23F3N2O2/c1-15(2)11-12-27(19-13-16-5-3-4-6-17(16)14-19)21(28)26-18-7-9-20(10-8-18)29-22(23,24)25/h3-10,13,15H,11-12,14H2,1-2H3,(H,26,28). The highest BCUT2D eigenvalue weighted by molar-refractivity contribution is 5.91. The van der Waals surface area contributed by atoms with Crippen LogP contribution in [0.2, 0.25) is 0 Å². The van der Waals surface area contributed by atoms with Crippen LogP contribution in [0.5, 0.6) is 5.75 Å². The molecular weight excluding hydrogens is 381 g/mol. The summed E-state index contributed by atoms with van der Waals surface area (Å²) in [6.07, 6.45) is -1.24. The fourth-order valence-corrected chi connectivity index (χ4v) is 3.13. The van der Waals surface area contributed by atoms with Crippen molar-refractivity contribution in [3.63, 3.8) is 0 Å². The molecule has 0 bridgehead atoms. The molecule has 0 saturated carbocycles.